The Hall–Kier alpha value is -1.56. The molecule has 0 amide bonds. The molecule has 0 N–H and O–H groups in total. The second kappa shape index (κ2) is 17.3. The highest BCUT2D eigenvalue weighted by atomic mass is 14.3. The van der Waals surface area contributed by atoms with E-state index in [0.717, 1.165) is 12.8 Å². The van der Waals surface area contributed by atoms with Crippen molar-refractivity contribution in [3.8, 4) is 0 Å². The van der Waals surface area contributed by atoms with Gasteiger partial charge in [-0.05, 0) is 116 Å². The van der Waals surface area contributed by atoms with Gasteiger partial charge in [0, 0.05) is 5.92 Å². The molecule has 0 spiro atoms. The lowest BCUT2D eigenvalue weighted by Gasteiger charge is -2.33. The number of hydrogen-bond donors (Lipinski definition) is 0. The molecule has 1 atom stereocenters. The van der Waals surface area contributed by atoms with Crippen molar-refractivity contribution in [1.29, 1.82) is 0 Å². The Morgan fingerprint density at radius 2 is 1.49 bits per heavy atom. The van der Waals surface area contributed by atoms with Crippen LogP contribution in [0.1, 0.15) is 175 Å². The summed E-state index contributed by atoms with van der Waals surface area (Å²) < 4.78 is 0. The minimum atomic E-state index is 0.170. The fourth-order valence-electron chi connectivity index (χ4n) is 6.23. The molecule has 0 aliphatic carbocycles. The van der Waals surface area contributed by atoms with Crippen LogP contribution in [0.5, 0.6) is 0 Å². The molecule has 1 aromatic rings. The van der Waals surface area contributed by atoms with Crippen LogP contribution in [0, 0.1) is 12.3 Å². The van der Waals surface area contributed by atoms with Crippen molar-refractivity contribution in [3.63, 3.8) is 0 Å². The molecule has 0 radical (unpaired) electrons. The van der Waals surface area contributed by atoms with Crippen LogP contribution in [0.25, 0.3) is 0 Å². The van der Waals surface area contributed by atoms with Gasteiger partial charge in [0.2, 0.25) is 0 Å². The summed E-state index contributed by atoms with van der Waals surface area (Å²) in [6, 6.07) is 5.18. The normalized spacial score (nSPS) is 14.7. The first-order valence-corrected chi connectivity index (χ1v) is 16.6. The molecule has 222 valence electrons. The molecule has 0 aromatic heterocycles. The predicted octanol–water partition coefficient (Wildman–Crippen LogP) is 13.1. The van der Waals surface area contributed by atoms with Gasteiger partial charge in [-0.25, -0.2) is 0 Å². The topological polar surface area (TPSA) is 0 Å². The van der Waals surface area contributed by atoms with E-state index in [1.54, 1.807) is 22.3 Å². The van der Waals surface area contributed by atoms with Crippen molar-refractivity contribution in [2.75, 3.05) is 0 Å². The summed E-state index contributed by atoms with van der Waals surface area (Å²) in [4.78, 5) is 0. The molecule has 0 heterocycles. The molecule has 0 fully saturated rings. The number of rotatable bonds is 18. The van der Waals surface area contributed by atoms with E-state index in [2.05, 4.69) is 113 Å². The fourth-order valence-corrected chi connectivity index (χ4v) is 6.23. The maximum absolute atomic E-state index is 2.61. The Morgan fingerprint density at radius 3 is 2.03 bits per heavy atom. The molecular weight excluding hydrogens is 468 g/mol. The Bertz CT molecular complexity index is 946. The summed E-state index contributed by atoms with van der Waals surface area (Å²) in [6.07, 6.45) is 22.3. The maximum Gasteiger partial charge on any atom is 0.00946 e. The van der Waals surface area contributed by atoms with E-state index in [9.17, 15) is 0 Å². The second-order valence-corrected chi connectivity index (χ2v) is 13.3. The molecular formula is C39H66. The van der Waals surface area contributed by atoms with E-state index in [1.165, 1.54) is 80.9 Å². The van der Waals surface area contributed by atoms with Crippen LogP contribution < -0.4 is 0 Å². The highest BCUT2D eigenvalue weighted by Gasteiger charge is 2.29. The average molecular weight is 535 g/mol. The first-order chi connectivity index (χ1) is 18.4. The number of allylic oxidation sites excluding steroid dienone is 6. The van der Waals surface area contributed by atoms with E-state index in [0.29, 0.717) is 5.92 Å². The van der Waals surface area contributed by atoms with Crippen molar-refractivity contribution in [2.45, 2.75) is 171 Å². The van der Waals surface area contributed by atoms with Gasteiger partial charge in [0.25, 0.3) is 0 Å². The molecule has 0 aliphatic heterocycles. The van der Waals surface area contributed by atoms with Crippen molar-refractivity contribution >= 4 is 0 Å². The van der Waals surface area contributed by atoms with E-state index in [1.807, 2.05) is 0 Å². The van der Waals surface area contributed by atoms with Gasteiger partial charge in [-0.3, -0.25) is 0 Å². The van der Waals surface area contributed by atoms with E-state index < -0.39 is 0 Å². The van der Waals surface area contributed by atoms with Crippen LogP contribution in [0.15, 0.2) is 47.1 Å². The van der Waals surface area contributed by atoms with Crippen molar-refractivity contribution < 1.29 is 0 Å². The summed E-state index contributed by atoms with van der Waals surface area (Å²) in [6.45, 7) is 28.5. The van der Waals surface area contributed by atoms with Crippen LogP contribution in [0.2, 0.25) is 0 Å². The van der Waals surface area contributed by atoms with E-state index in [-0.39, 0.29) is 10.8 Å². The molecule has 0 saturated carbocycles. The average Bonchev–Trinajstić information content (AvgIpc) is 2.90. The van der Waals surface area contributed by atoms with Crippen LogP contribution in [0.3, 0.4) is 0 Å². The van der Waals surface area contributed by atoms with Crippen molar-refractivity contribution in [3.05, 3.63) is 69.3 Å². The standard InChI is InChI=1S/C39H66/c1-13-19-21-22-24-27-33(30(7)36(16-4)38(9,10)17-5)34(25-15-3)35-28-32(26-23-20-14-2)29-37(31(35)8)39(11,12)18-6/h16,24,27-29,34H,13-15,17-23,25-26H2,1-12H3/b27-24+,33-30+,36-16+. The third-order valence-corrected chi connectivity index (χ3v) is 9.53. The smallest absolute Gasteiger partial charge is 0.00946 e. The summed E-state index contributed by atoms with van der Waals surface area (Å²) in [5.74, 6) is 0.428. The number of aryl methyl sites for hydroxylation is 1. The van der Waals surface area contributed by atoms with Gasteiger partial charge in [0.05, 0.1) is 0 Å². The van der Waals surface area contributed by atoms with Crippen LogP contribution in [0.4, 0.5) is 0 Å². The molecule has 39 heavy (non-hydrogen) atoms. The third kappa shape index (κ3) is 10.1. The fraction of sp³-hybridized carbons (Fsp3) is 0.692. The Kier molecular flexibility index (Phi) is 15.7. The van der Waals surface area contributed by atoms with Crippen molar-refractivity contribution in [1.82, 2.24) is 0 Å². The number of hydrogen-bond acceptors (Lipinski definition) is 0. The van der Waals surface area contributed by atoms with Crippen LogP contribution in [-0.4, -0.2) is 0 Å². The van der Waals surface area contributed by atoms with Gasteiger partial charge in [-0.1, -0.05) is 125 Å². The van der Waals surface area contributed by atoms with Gasteiger partial charge in [0.1, 0.15) is 0 Å². The molecule has 0 aliphatic rings. The summed E-state index contributed by atoms with van der Waals surface area (Å²) in [7, 11) is 0. The lowest BCUT2D eigenvalue weighted by atomic mass is 9.71. The van der Waals surface area contributed by atoms with Crippen LogP contribution >= 0.6 is 0 Å². The zero-order chi connectivity index (χ0) is 29.6. The molecule has 0 nitrogen and oxygen atoms in total. The Morgan fingerprint density at radius 1 is 0.846 bits per heavy atom. The molecule has 0 saturated heterocycles. The largest absolute Gasteiger partial charge is 0.0842 e. The maximum atomic E-state index is 2.61. The molecule has 1 unspecified atom stereocenters. The monoisotopic (exact) mass is 535 g/mol. The molecule has 0 bridgehead atoms. The van der Waals surface area contributed by atoms with Gasteiger partial charge in [-0.15, -0.1) is 0 Å². The van der Waals surface area contributed by atoms with Gasteiger partial charge >= 0.3 is 0 Å². The highest BCUT2D eigenvalue weighted by Crippen LogP contribution is 2.43. The lowest BCUT2D eigenvalue weighted by molar-refractivity contribution is 0.433. The predicted molar refractivity (Wildman–Crippen MR) is 179 cm³/mol. The second-order valence-electron chi connectivity index (χ2n) is 13.3. The van der Waals surface area contributed by atoms with Gasteiger partial charge in [0.15, 0.2) is 0 Å². The first-order valence-electron chi connectivity index (χ1n) is 16.6. The summed E-state index contributed by atoms with van der Waals surface area (Å²) >= 11 is 0. The minimum absolute atomic E-state index is 0.170. The third-order valence-electron chi connectivity index (χ3n) is 9.53. The van der Waals surface area contributed by atoms with Gasteiger partial charge < -0.3 is 0 Å². The quantitative estimate of drug-likeness (QED) is 0.130. The molecule has 1 aromatic carbocycles. The zero-order valence-corrected chi connectivity index (χ0v) is 28.4. The lowest BCUT2D eigenvalue weighted by Crippen LogP contribution is -2.20. The molecule has 0 heteroatoms. The highest BCUT2D eigenvalue weighted by molar-refractivity contribution is 5.52. The first kappa shape index (κ1) is 35.5. The van der Waals surface area contributed by atoms with E-state index in [4.69, 9.17) is 0 Å². The Balaban J connectivity index is 3.96. The number of benzene rings is 1. The Labute approximate surface area is 245 Å². The van der Waals surface area contributed by atoms with Gasteiger partial charge in [-0.2, -0.15) is 0 Å². The van der Waals surface area contributed by atoms with Crippen molar-refractivity contribution in [2.24, 2.45) is 5.41 Å². The van der Waals surface area contributed by atoms with Crippen LogP contribution in [-0.2, 0) is 11.8 Å². The number of unbranched alkanes of at least 4 members (excludes halogenated alkanes) is 5. The zero-order valence-electron chi connectivity index (χ0n) is 28.4. The summed E-state index contributed by atoms with van der Waals surface area (Å²) in [5, 5.41) is 0. The minimum Gasteiger partial charge on any atom is -0.0842 e. The SMILES string of the molecule is C\C=C(/C(C)=C(\C=C\CCCCC)C(CCC)c1cc(CCCCC)cc(C(C)(C)CC)c1C)C(C)(C)CC. The molecule has 1 rings (SSSR count). The summed E-state index contributed by atoms with van der Waals surface area (Å²) in [5.41, 5.74) is 11.2. The van der Waals surface area contributed by atoms with E-state index >= 15 is 0 Å².